The summed E-state index contributed by atoms with van der Waals surface area (Å²) in [4.78, 5) is 8.06. The van der Waals surface area contributed by atoms with Crippen molar-refractivity contribution in [1.29, 1.82) is 0 Å². The number of aromatic amines is 1. The highest BCUT2D eigenvalue weighted by Gasteiger charge is 2.27. The van der Waals surface area contributed by atoms with Crippen LogP contribution in [0.25, 0.3) is 11.0 Å². The number of nitrogens with one attached hydrogen (secondary N) is 1. The molecule has 0 saturated carbocycles. The standard InChI is InChI=1S/C16H14N2O2/c1-19-10-6-7-13-14(8-10)18-16(17-13)12-9-20-15-5-3-2-4-11(12)15/h2-8,12H,9H2,1H3,(H,17,18). The van der Waals surface area contributed by atoms with E-state index in [9.17, 15) is 0 Å². The van der Waals surface area contributed by atoms with Gasteiger partial charge in [0, 0.05) is 11.6 Å². The number of ether oxygens (including phenoxy) is 2. The molecule has 1 unspecified atom stereocenters. The van der Waals surface area contributed by atoms with Crippen molar-refractivity contribution in [3.63, 3.8) is 0 Å². The lowest BCUT2D eigenvalue weighted by Crippen LogP contribution is -2.04. The van der Waals surface area contributed by atoms with Crippen LogP contribution >= 0.6 is 0 Å². The van der Waals surface area contributed by atoms with E-state index in [-0.39, 0.29) is 5.92 Å². The van der Waals surface area contributed by atoms with Gasteiger partial charge in [0.1, 0.15) is 23.9 Å². The molecule has 3 aromatic rings. The first-order valence-electron chi connectivity index (χ1n) is 6.60. The van der Waals surface area contributed by atoms with Gasteiger partial charge in [-0.3, -0.25) is 0 Å². The van der Waals surface area contributed by atoms with Crippen molar-refractivity contribution in [2.45, 2.75) is 5.92 Å². The number of nitrogens with zero attached hydrogens (tertiary/aromatic N) is 1. The molecule has 20 heavy (non-hydrogen) atoms. The van der Waals surface area contributed by atoms with Gasteiger partial charge >= 0.3 is 0 Å². The van der Waals surface area contributed by atoms with Crippen LogP contribution in [0.4, 0.5) is 0 Å². The van der Waals surface area contributed by atoms with Gasteiger partial charge in [0.2, 0.25) is 0 Å². The average Bonchev–Trinajstić information content (AvgIpc) is 3.09. The van der Waals surface area contributed by atoms with E-state index in [0.29, 0.717) is 6.61 Å². The Morgan fingerprint density at radius 3 is 3.05 bits per heavy atom. The van der Waals surface area contributed by atoms with Crippen LogP contribution in [0.3, 0.4) is 0 Å². The van der Waals surface area contributed by atoms with Crippen LogP contribution in [0, 0.1) is 0 Å². The molecule has 1 aliphatic heterocycles. The second kappa shape index (κ2) is 4.27. The molecular weight excluding hydrogens is 252 g/mol. The Morgan fingerprint density at radius 1 is 1.25 bits per heavy atom. The third kappa shape index (κ3) is 1.65. The van der Waals surface area contributed by atoms with E-state index < -0.39 is 0 Å². The zero-order chi connectivity index (χ0) is 13.5. The summed E-state index contributed by atoms with van der Waals surface area (Å²) in [5.41, 5.74) is 3.13. The minimum Gasteiger partial charge on any atom is -0.497 e. The normalized spacial score (nSPS) is 16.9. The Labute approximate surface area is 116 Å². The number of aromatic nitrogens is 2. The van der Waals surface area contributed by atoms with Gasteiger partial charge < -0.3 is 14.5 Å². The van der Waals surface area contributed by atoms with Crippen molar-refractivity contribution in [1.82, 2.24) is 9.97 Å². The van der Waals surface area contributed by atoms with Crippen LogP contribution in [-0.4, -0.2) is 23.7 Å². The lowest BCUT2D eigenvalue weighted by molar-refractivity contribution is 0.340. The number of rotatable bonds is 2. The lowest BCUT2D eigenvalue weighted by Gasteiger charge is -2.03. The first-order valence-corrected chi connectivity index (χ1v) is 6.60. The van der Waals surface area contributed by atoms with E-state index in [2.05, 4.69) is 16.0 Å². The molecule has 100 valence electrons. The molecule has 0 saturated heterocycles. The van der Waals surface area contributed by atoms with Crippen molar-refractivity contribution in [3.05, 3.63) is 53.9 Å². The molecule has 4 heteroatoms. The Bertz CT molecular complexity index is 779. The summed E-state index contributed by atoms with van der Waals surface area (Å²) in [6.07, 6.45) is 0. The van der Waals surface area contributed by atoms with Crippen LogP contribution in [0.5, 0.6) is 11.5 Å². The van der Waals surface area contributed by atoms with Crippen LogP contribution in [0.15, 0.2) is 42.5 Å². The molecule has 0 bridgehead atoms. The van der Waals surface area contributed by atoms with Gasteiger partial charge in [-0.05, 0) is 18.2 Å². The predicted molar refractivity (Wildman–Crippen MR) is 76.4 cm³/mol. The molecule has 0 fully saturated rings. The number of imidazole rings is 1. The van der Waals surface area contributed by atoms with Gasteiger partial charge in [0.25, 0.3) is 0 Å². The van der Waals surface area contributed by atoms with E-state index >= 15 is 0 Å². The Hall–Kier alpha value is -2.49. The summed E-state index contributed by atoms with van der Waals surface area (Å²) < 4.78 is 11.0. The second-order valence-corrected chi connectivity index (χ2v) is 4.91. The van der Waals surface area contributed by atoms with Crippen LogP contribution < -0.4 is 9.47 Å². The monoisotopic (exact) mass is 266 g/mol. The average molecular weight is 266 g/mol. The number of H-pyrrole nitrogens is 1. The molecule has 0 amide bonds. The number of methoxy groups -OCH3 is 1. The van der Waals surface area contributed by atoms with Crippen molar-refractivity contribution in [3.8, 4) is 11.5 Å². The fraction of sp³-hybridized carbons (Fsp3) is 0.188. The smallest absolute Gasteiger partial charge is 0.123 e. The highest BCUT2D eigenvalue weighted by Crippen LogP contribution is 2.37. The Kier molecular flexibility index (Phi) is 2.42. The SMILES string of the molecule is COc1ccc2nc(C3COc4ccccc43)[nH]c2c1. The molecule has 0 aliphatic carbocycles. The van der Waals surface area contributed by atoms with Gasteiger partial charge in [0.15, 0.2) is 0 Å². The molecule has 0 radical (unpaired) electrons. The molecule has 1 aliphatic rings. The first kappa shape index (κ1) is 11.3. The van der Waals surface area contributed by atoms with E-state index in [1.807, 2.05) is 36.4 Å². The quantitative estimate of drug-likeness (QED) is 0.775. The summed E-state index contributed by atoms with van der Waals surface area (Å²) in [5, 5.41) is 0. The van der Waals surface area contributed by atoms with Gasteiger partial charge in [-0.2, -0.15) is 0 Å². The topological polar surface area (TPSA) is 47.1 Å². The summed E-state index contributed by atoms with van der Waals surface area (Å²) in [5.74, 6) is 2.90. The third-order valence-corrected chi connectivity index (χ3v) is 3.74. The first-order chi connectivity index (χ1) is 9.85. The van der Waals surface area contributed by atoms with Gasteiger partial charge in [-0.1, -0.05) is 18.2 Å². The van der Waals surface area contributed by atoms with E-state index in [0.717, 1.165) is 28.4 Å². The minimum absolute atomic E-state index is 0.171. The van der Waals surface area contributed by atoms with E-state index in [4.69, 9.17) is 9.47 Å². The highest BCUT2D eigenvalue weighted by molar-refractivity contribution is 5.77. The molecule has 0 spiro atoms. The molecule has 1 aromatic heterocycles. The highest BCUT2D eigenvalue weighted by atomic mass is 16.5. The maximum Gasteiger partial charge on any atom is 0.123 e. The van der Waals surface area contributed by atoms with Crippen molar-refractivity contribution in [2.75, 3.05) is 13.7 Å². The zero-order valence-corrected chi connectivity index (χ0v) is 11.1. The minimum atomic E-state index is 0.171. The molecule has 2 aromatic carbocycles. The summed E-state index contributed by atoms with van der Waals surface area (Å²) in [7, 11) is 1.67. The number of hydrogen-bond donors (Lipinski definition) is 1. The molecule has 1 atom stereocenters. The maximum atomic E-state index is 5.72. The number of benzene rings is 2. The lowest BCUT2D eigenvalue weighted by atomic mass is 10.0. The summed E-state index contributed by atoms with van der Waals surface area (Å²) in [6.45, 7) is 0.635. The van der Waals surface area contributed by atoms with Crippen LogP contribution in [-0.2, 0) is 0 Å². The number of hydrogen-bond acceptors (Lipinski definition) is 3. The number of fused-ring (bicyclic) bond motifs is 2. The fourth-order valence-corrected chi connectivity index (χ4v) is 2.69. The number of para-hydroxylation sites is 1. The van der Waals surface area contributed by atoms with Crippen LogP contribution in [0.2, 0.25) is 0 Å². The van der Waals surface area contributed by atoms with E-state index in [1.54, 1.807) is 7.11 Å². The molecule has 4 rings (SSSR count). The molecule has 4 nitrogen and oxygen atoms in total. The van der Waals surface area contributed by atoms with Gasteiger partial charge in [0.05, 0.1) is 24.1 Å². The van der Waals surface area contributed by atoms with Crippen LogP contribution in [0.1, 0.15) is 17.3 Å². The summed E-state index contributed by atoms with van der Waals surface area (Å²) >= 11 is 0. The summed E-state index contributed by atoms with van der Waals surface area (Å²) in [6, 6.07) is 14.0. The predicted octanol–water partition coefficient (Wildman–Crippen LogP) is 3.10. The van der Waals surface area contributed by atoms with Gasteiger partial charge in [-0.25, -0.2) is 4.98 Å². The third-order valence-electron chi connectivity index (χ3n) is 3.74. The Morgan fingerprint density at radius 2 is 2.15 bits per heavy atom. The van der Waals surface area contributed by atoms with Crippen molar-refractivity contribution < 1.29 is 9.47 Å². The second-order valence-electron chi connectivity index (χ2n) is 4.91. The fourth-order valence-electron chi connectivity index (χ4n) is 2.69. The molecule has 1 N–H and O–H groups in total. The van der Waals surface area contributed by atoms with Crippen molar-refractivity contribution in [2.24, 2.45) is 0 Å². The Balaban J connectivity index is 1.80. The zero-order valence-electron chi connectivity index (χ0n) is 11.1. The maximum absolute atomic E-state index is 5.72. The molecule has 2 heterocycles. The van der Waals surface area contributed by atoms with E-state index in [1.165, 1.54) is 5.56 Å². The van der Waals surface area contributed by atoms with Crippen molar-refractivity contribution >= 4 is 11.0 Å². The largest absolute Gasteiger partial charge is 0.497 e. The van der Waals surface area contributed by atoms with Gasteiger partial charge in [-0.15, -0.1) is 0 Å². The molecular formula is C16H14N2O2.